The first kappa shape index (κ1) is 13.1. The lowest BCUT2D eigenvalue weighted by Gasteiger charge is -2.12. The summed E-state index contributed by atoms with van der Waals surface area (Å²) in [4.78, 5) is 10.9. The maximum atomic E-state index is 10.9. The van der Waals surface area contributed by atoms with Gasteiger partial charge in [-0.3, -0.25) is 10.0 Å². The average molecular weight is 300 g/mol. The van der Waals surface area contributed by atoms with Crippen LogP contribution in [0.2, 0.25) is 0 Å². The highest BCUT2D eigenvalue weighted by molar-refractivity contribution is 14.1. The molecule has 3 N–H and O–H groups in total. The van der Waals surface area contributed by atoms with Gasteiger partial charge in [0.15, 0.2) is 0 Å². The van der Waals surface area contributed by atoms with Crippen LogP contribution in [0, 0.1) is 0 Å². The molecule has 0 atom stereocenters. The smallest absolute Gasteiger partial charge is 0.255 e. The van der Waals surface area contributed by atoms with Crippen molar-refractivity contribution >= 4 is 28.5 Å². The highest BCUT2D eigenvalue weighted by Gasteiger charge is 2.06. The van der Waals surface area contributed by atoms with Crippen molar-refractivity contribution in [1.82, 2.24) is 5.06 Å². The van der Waals surface area contributed by atoms with E-state index in [4.69, 9.17) is 10.9 Å². The Morgan fingerprint density at radius 3 is 2.46 bits per heavy atom. The first-order valence-electron chi connectivity index (χ1n) is 4.47. The zero-order chi connectivity index (χ0) is 10.1. The van der Waals surface area contributed by atoms with Crippen molar-refractivity contribution in [3.05, 3.63) is 0 Å². The highest BCUT2D eigenvalue weighted by atomic mass is 127. The molecule has 0 aromatic heterocycles. The summed E-state index contributed by atoms with van der Waals surface area (Å²) in [5.41, 5.74) is 5.33. The molecule has 0 fully saturated rings. The van der Waals surface area contributed by atoms with Crippen LogP contribution in [0.5, 0.6) is 0 Å². The number of nitrogens with two attached hydrogens (primary N) is 1. The fraction of sp³-hybridized carbons (Fsp3) is 0.875. The van der Waals surface area contributed by atoms with E-state index in [9.17, 15) is 4.79 Å². The maximum Gasteiger partial charge on any atom is 0.255 e. The van der Waals surface area contributed by atoms with Gasteiger partial charge in [0.2, 0.25) is 0 Å². The SMILES string of the molecule is NCCCCCCN(O)C(=O)CI. The van der Waals surface area contributed by atoms with Crippen LogP contribution < -0.4 is 5.73 Å². The van der Waals surface area contributed by atoms with E-state index < -0.39 is 0 Å². The molecule has 78 valence electrons. The topological polar surface area (TPSA) is 66.6 Å². The molecule has 13 heavy (non-hydrogen) atoms. The van der Waals surface area contributed by atoms with Crippen molar-refractivity contribution in [3.8, 4) is 0 Å². The van der Waals surface area contributed by atoms with E-state index in [1.165, 1.54) is 0 Å². The Labute approximate surface area is 92.6 Å². The molecule has 0 radical (unpaired) electrons. The van der Waals surface area contributed by atoms with E-state index in [1.807, 2.05) is 22.6 Å². The van der Waals surface area contributed by atoms with Gasteiger partial charge in [0.1, 0.15) is 0 Å². The van der Waals surface area contributed by atoms with Gasteiger partial charge in [0.05, 0.1) is 4.43 Å². The van der Waals surface area contributed by atoms with E-state index >= 15 is 0 Å². The van der Waals surface area contributed by atoms with Gasteiger partial charge in [0.25, 0.3) is 5.91 Å². The van der Waals surface area contributed by atoms with Crippen LogP contribution in [-0.2, 0) is 4.79 Å². The Bertz CT molecular complexity index is 144. The zero-order valence-electron chi connectivity index (χ0n) is 7.71. The van der Waals surface area contributed by atoms with Gasteiger partial charge in [-0.05, 0) is 19.4 Å². The minimum absolute atomic E-state index is 0.223. The maximum absolute atomic E-state index is 10.9. The van der Waals surface area contributed by atoms with E-state index in [0.29, 0.717) is 11.0 Å². The zero-order valence-corrected chi connectivity index (χ0v) is 9.87. The molecule has 0 saturated carbocycles. The number of nitrogens with zero attached hydrogens (tertiary/aromatic N) is 1. The lowest BCUT2D eigenvalue weighted by Crippen LogP contribution is -2.29. The Morgan fingerprint density at radius 2 is 1.92 bits per heavy atom. The largest absolute Gasteiger partial charge is 0.330 e. The molecule has 0 unspecified atom stereocenters. The molecule has 5 heteroatoms. The molecule has 0 rings (SSSR count). The number of hydrogen-bond donors (Lipinski definition) is 2. The van der Waals surface area contributed by atoms with E-state index in [2.05, 4.69) is 0 Å². The van der Waals surface area contributed by atoms with Crippen molar-refractivity contribution in [2.24, 2.45) is 5.73 Å². The van der Waals surface area contributed by atoms with E-state index in [1.54, 1.807) is 0 Å². The number of carbonyl (C=O) groups is 1. The van der Waals surface area contributed by atoms with Crippen molar-refractivity contribution in [3.63, 3.8) is 0 Å². The van der Waals surface area contributed by atoms with Crippen molar-refractivity contribution in [1.29, 1.82) is 0 Å². The Kier molecular flexibility index (Phi) is 8.79. The quantitative estimate of drug-likeness (QED) is 0.244. The first-order chi connectivity index (χ1) is 6.22. The number of amides is 1. The lowest BCUT2D eigenvalue weighted by molar-refractivity contribution is -0.161. The van der Waals surface area contributed by atoms with Gasteiger partial charge in [-0.2, -0.15) is 0 Å². The third kappa shape index (κ3) is 7.21. The van der Waals surface area contributed by atoms with Crippen LogP contribution in [0.25, 0.3) is 0 Å². The second kappa shape index (κ2) is 8.71. The number of hydrogen-bond acceptors (Lipinski definition) is 3. The summed E-state index contributed by atoms with van der Waals surface area (Å²) in [5, 5.41) is 9.93. The summed E-state index contributed by atoms with van der Waals surface area (Å²) in [7, 11) is 0. The van der Waals surface area contributed by atoms with E-state index in [-0.39, 0.29) is 5.91 Å². The van der Waals surface area contributed by atoms with Crippen molar-refractivity contribution in [2.45, 2.75) is 25.7 Å². The number of halogens is 1. The van der Waals surface area contributed by atoms with Gasteiger partial charge in [0, 0.05) is 6.54 Å². The van der Waals surface area contributed by atoms with Gasteiger partial charge in [-0.15, -0.1) is 0 Å². The fourth-order valence-corrected chi connectivity index (χ4v) is 1.35. The highest BCUT2D eigenvalue weighted by Crippen LogP contribution is 2.00. The van der Waals surface area contributed by atoms with Crippen LogP contribution >= 0.6 is 22.6 Å². The van der Waals surface area contributed by atoms with Crippen LogP contribution in [0.1, 0.15) is 25.7 Å². The molecule has 0 aliphatic heterocycles. The fourth-order valence-electron chi connectivity index (χ4n) is 0.953. The van der Waals surface area contributed by atoms with Gasteiger partial charge >= 0.3 is 0 Å². The second-order valence-electron chi connectivity index (χ2n) is 2.85. The predicted octanol–water partition coefficient (Wildman–Crippen LogP) is 1.16. The normalized spacial score (nSPS) is 10.1. The molecular formula is C8H17IN2O2. The minimum atomic E-state index is -0.223. The van der Waals surface area contributed by atoms with Crippen molar-refractivity contribution in [2.75, 3.05) is 17.5 Å². The van der Waals surface area contributed by atoms with Gasteiger partial charge in [-0.1, -0.05) is 35.4 Å². The summed E-state index contributed by atoms with van der Waals surface area (Å²) >= 11 is 1.94. The first-order valence-corrected chi connectivity index (χ1v) is 6.00. The molecule has 0 aliphatic rings. The minimum Gasteiger partial charge on any atom is -0.330 e. The number of rotatable bonds is 7. The summed E-state index contributed by atoms with van der Waals surface area (Å²) < 4.78 is 0.330. The summed E-state index contributed by atoms with van der Waals surface area (Å²) in [6, 6.07) is 0. The number of hydroxylamine groups is 2. The van der Waals surface area contributed by atoms with Crippen LogP contribution in [-0.4, -0.2) is 33.7 Å². The molecule has 0 saturated heterocycles. The van der Waals surface area contributed by atoms with E-state index in [0.717, 1.165) is 37.3 Å². The third-order valence-corrected chi connectivity index (χ3v) is 2.38. The molecule has 0 spiro atoms. The van der Waals surface area contributed by atoms with Crippen LogP contribution in [0.15, 0.2) is 0 Å². The Morgan fingerprint density at radius 1 is 1.31 bits per heavy atom. The lowest BCUT2D eigenvalue weighted by atomic mass is 10.2. The summed E-state index contributed by atoms with van der Waals surface area (Å²) in [6.45, 7) is 1.15. The molecular weight excluding hydrogens is 283 g/mol. The standard InChI is InChI=1S/C8H17IN2O2/c9-7-8(12)11(13)6-4-2-1-3-5-10/h13H,1-7,10H2. The predicted molar refractivity (Wildman–Crippen MR) is 59.9 cm³/mol. The van der Waals surface area contributed by atoms with Gasteiger partial charge < -0.3 is 5.73 Å². The van der Waals surface area contributed by atoms with Crippen molar-refractivity contribution < 1.29 is 10.0 Å². The third-order valence-electron chi connectivity index (χ3n) is 1.73. The number of alkyl halides is 1. The summed E-state index contributed by atoms with van der Waals surface area (Å²) in [5.74, 6) is -0.223. The molecule has 4 nitrogen and oxygen atoms in total. The molecule has 0 aromatic rings. The monoisotopic (exact) mass is 300 g/mol. The molecule has 0 aromatic carbocycles. The molecule has 1 amide bonds. The van der Waals surface area contributed by atoms with Gasteiger partial charge in [-0.25, -0.2) is 5.06 Å². The van der Waals surface area contributed by atoms with Crippen LogP contribution in [0.3, 0.4) is 0 Å². The summed E-state index contributed by atoms with van der Waals surface area (Å²) in [6.07, 6.45) is 3.95. The number of carbonyl (C=O) groups excluding carboxylic acids is 1. The van der Waals surface area contributed by atoms with Crippen LogP contribution in [0.4, 0.5) is 0 Å². The second-order valence-corrected chi connectivity index (χ2v) is 3.62. The Balaban J connectivity index is 3.26. The molecule has 0 aliphatic carbocycles. The number of unbranched alkanes of at least 4 members (excludes halogenated alkanes) is 3. The molecule has 0 heterocycles. The molecule has 0 bridgehead atoms. The Hall–Kier alpha value is 0.120. The average Bonchev–Trinajstić information content (AvgIpc) is 2.16.